The van der Waals surface area contributed by atoms with Crippen LogP contribution in [0.5, 0.6) is 5.75 Å². The molecule has 172 valence electrons. The highest BCUT2D eigenvalue weighted by Gasteiger charge is 2.57. The van der Waals surface area contributed by atoms with Gasteiger partial charge in [-0.15, -0.1) is 0 Å². The highest BCUT2D eigenvalue weighted by molar-refractivity contribution is 8.26. The van der Waals surface area contributed by atoms with Gasteiger partial charge in [0.05, 0.1) is 21.9 Å². The lowest BCUT2D eigenvalue weighted by Crippen LogP contribution is -2.56. The van der Waals surface area contributed by atoms with E-state index in [2.05, 4.69) is 10.3 Å². The number of benzene rings is 1. The fourth-order valence-electron chi connectivity index (χ4n) is 4.14. The minimum absolute atomic E-state index is 0.0298. The van der Waals surface area contributed by atoms with Crippen molar-refractivity contribution >= 4 is 51.2 Å². The van der Waals surface area contributed by atoms with Crippen LogP contribution < -0.4 is 15.8 Å². The Balaban J connectivity index is 1.77. The lowest BCUT2D eigenvalue weighted by molar-refractivity contribution is 0.102. The van der Waals surface area contributed by atoms with E-state index in [0.29, 0.717) is 35.1 Å². The number of nitrogens with two attached hydrogens (primary N) is 1. The number of anilines is 1. The third-order valence-electron chi connectivity index (χ3n) is 6.19. The molecule has 2 aliphatic rings. The molecule has 0 bridgehead atoms. The molecule has 0 unspecified atom stereocenters. The van der Waals surface area contributed by atoms with E-state index in [1.54, 1.807) is 32.0 Å². The van der Waals surface area contributed by atoms with Gasteiger partial charge >= 0.3 is 0 Å². The SMILES string of the molecule is CC1(C)C(N)=N[C@]2(C)c3cc(NC(=O)c4ncc(Cl)cc4Cl)ccc3OCC[C@H]2S1(O)O. The molecule has 5 N–H and O–H groups in total. The van der Waals surface area contributed by atoms with Gasteiger partial charge in [-0.3, -0.25) is 18.9 Å². The monoisotopic (exact) mass is 498 g/mol. The molecule has 0 radical (unpaired) electrons. The molecule has 11 heteroatoms. The van der Waals surface area contributed by atoms with E-state index in [9.17, 15) is 13.9 Å². The summed E-state index contributed by atoms with van der Waals surface area (Å²) in [5.41, 5.74) is 6.24. The van der Waals surface area contributed by atoms with Crippen molar-refractivity contribution in [3.63, 3.8) is 0 Å². The highest BCUT2D eigenvalue weighted by Crippen LogP contribution is 2.66. The number of halogens is 2. The molecule has 1 aromatic heterocycles. The van der Waals surface area contributed by atoms with Crippen molar-refractivity contribution in [2.24, 2.45) is 10.7 Å². The number of fused-ring (bicyclic) bond motifs is 3. The second-order valence-corrected chi connectivity index (χ2v) is 12.1. The Morgan fingerprint density at radius 2 is 2.00 bits per heavy atom. The zero-order valence-electron chi connectivity index (χ0n) is 17.7. The number of hydrogen-bond donors (Lipinski definition) is 4. The topological polar surface area (TPSA) is 130 Å². The largest absolute Gasteiger partial charge is 0.493 e. The second-order valence-electron chi connectivity index (χ2n) is 8.52. The number of aromatic nitrogens is 1. The van der Waals surface area contributed by atoms with Gasteiger partial charge in [-0.2, -0.15) is 10.6 Å². The summed E-state index contributed by atoms with van der Waals surface area (Å²) in [4.78, 5) is 21.5. The molecule has 0 saturated heterocycles. The molecular formula is C21H24Cl2N4O4S. The van der Waals surface area contributed by atoms with Gasteiger partial charge in [0, 0.05) is 23.9 Å². The maximum atomic E-state index is 12.7. The van der Waals surface area contributed by atoms with E-state index in [1.807, 2.05) is 6.92 Å². The molecule has 0 spiro atoms. The number of rotatable bonds is 2. The molecule has 8 nitrogen and oxygen atoms in total. The van der Waals surface area contributed by atoms with Crippen molar-refractivity contribution in [2.75, 3.05) is 11.9 Å². The van der Waals surface area contributed by atoms with E-state index < -0.39 is 32.0 Å². The maximum absolute atomic E-state index is 12.7. The van der Waals surface area contributed by atoms with E-state index in [1.165, 1.54) is 12.3 Å². The number of nitrogens with zero attached hydrogens (tertiary/aromatic N) is 2. The van der Waals surface area contributed by atoms with Crippen molar-refractivity contribution in [3.8, 4) is 5.75 Å². The van der Waals surface area contributed by atoms with Crippen molar-refractivity contribution in [3.05, 3.63) is 51.8 Å². The van der Waals surface area contributed by atoms with Crippen LogP contribution in [0.3, 0.4) is 0 Å². The summed E-state index contributed by atoms with van der Waals surface area (Å²) in [7, 11) is -3.19. The third-order valence-corrected chi connectivity index (χ3v) is 9.88. The molecular weight excluding hydrogens is 475 g/mol. The average molecular weight is 499 g/mol. The molecule has 1 aromatic carbocycles. The number of amidine groups is 1. The number of hydrogen-bond acceptors (Lipinski definition) is 7. The van der Waals surface area contributed by atoms with E-state index in [4.69, 9.17) is 38.7 Å². The molecule has 0 saturated carbocycles. The Hall–Kier alpha value is -2.04. The van der Waals surface area contributed by atoms with Crippen LogP contribution in [0.25, 0.3) is 0 Å². The summed E-state index contributed by atoms with van der Waals surface area (Å²) < 4.78 is 27.3. The lowest BCUT2D eigenvalue weighted by atomic mass is 9.86. The van der Waals surface area contributed by atoms with Gasteiger partial charge in [-0.25, -0.2) is 4.98 Å². The molecule has 0 aliphatic carbocycles. The summed E-state index contributed by atoms with van der Waals surface area (Å²) in [5.74, 6) is 0.192. The van der Waals surface area contributed by atoms with Crippen LogP contribution >= 0.6 is 33.8 Å². The first-order chi connectivity index (χ1) is 14.9. The smallest absolute Gasteiger partial charge is 0.275 e. The Morgan fingerprint density at radius 3 is 2.69 bits per heavy atom. The molecule has 0 fully saturated rings. The Kier molecular flexibility index (Phi) is 5.62. The number of carbonyl (C=O) groups is 1. The van der Waals surface area contributed by atoms with Gasteiger partial charge in [-0.1, -0.05) is 23.2 Å². The Labute approximate surface area is 197 Å². The second kappa shape index (κ2) is 7.78. The van der Waals surface area contributed by atoms with Crippen LogP contribution in [-0.4, -0.2) is 42.4 Å². The standard InChI is InChI=1S/C21H24Cl2N4O4S/c1-20(2)19(24)27-21(3)13-9-12(26-18(28)17-14(23)8-11(22)10-25-17)4-5-15(13)31-7-6-16(21)32(20,29)30/h4-5,8-10,16,29-30H,6-7H2,1-3H3,(H2,24,27)(H,26,28)/t16-,21-/m1/s1. The maximum Gasteiger partial charge on any atom is 0.275 e. The lowest BCUT2D eigenvalue weighted by Gasteiger charge is -2.58. The predicted molar refractivity (Wildman–Crippen MR) is 128 cm³/mol. The van der Waals surface area contributed by atoms with Gasteiger partial charge in [0.15, 0.2) is 0 Å². The van der Waals surface area contributed by atoms with E-state index >= 15 is 0 Å². The van der Waals surface area contributed by atoms with Gasteiger partial charge in [-0.05, 0) is 45.0 Å². The normalized spacial score (nSPS) is 26.5. The van der Waals surface area contributed by atoms with E-state index in [0.717, 1.165) is 0 Å². The van der Waals surface area contributed by atoms with Crippen molar-refractivity contribution in [2.45, 2.75) is 42.7 Å². The van der Waals surface area contributed by atoms with Crippen LogP contribution in [0.15, 0.2) is 35.5 Å². The molecule has 3 heterocycles. The number of ether oxygens (including phenoxy) is 1. The Bertz CT molecular complexity index is 1140. The first kappa shape index (κ1) is 23.1. The molecule has 32 heavy (non-hydrogen) atoms. The summed E-state index contributed by atoms with van der Waals surface area (Å²) in [6, 6.07) is 6.54. The summed E-state index contributed by atoms with van der Waals surface area (Å²) >= 11 is 12.0. The summed E-state index contributed by atoms with van der Waals surface area (Å²) in [5, 5.41) is 2.60. The van der Waals surface area contributed by atoms with E-state index in [-0.39, 0.29) is 16.6 Å². The minimum atomic E-state index is -3.19. The van der Waals surface area contributed by atoms with Crippen molar-refractivity contribution < 1.29 is 18.6 Å². The third kappa shape index (κ3) is 3.52. The number of nitrogens with one attached hydrogen (secondary N) is 1. The zero-order valence-corrected chi connectivity index (χ0v) is 20.1. The van der Waals surface area contributed by atoms with Crippen LogP contribution in [0.1, 0.15) is 43.2 Å². The quantitative estimate of drug-likeness (QED) is 0.465. The number of amides is 1. The molecule has 2 atom stereocenters. The summed E-state index contributed by atoms with van der Waals surface area (Å²) in [6.45, 7) is 5.48. The van der Waals surface area contributed by atoms with Gasteiger partial charge in [0.25, 0.3) is 5.91 Å². The first-order valence-corrected chi connectivity index (χ1v) is 12.3. The Morgan fingerprint density at radius 1 is 1.28 bits per heavy atom. The van der Waals surface area contributed by atoms with Gasteiger partial charge in [0.1, 0.15) is 27.6 Å². The molecule has 2 aliphatic heterocycles. The fraction of sp³-hybridized carbons (Fsp3) is 0.381. The average Bonchev–Trinajstić information content (AvgIpc) is 2.84. The van der Waals surface area contributed by atoms with Crippen molar-refractivity contribution in [1.29, 1.82) is 0 Å². The van der Waals surface area contributed by atoms with Gasteiger partial charge < -0.3 is 15.8 Å². The van der Waals surface area contributed by atoms with Gasteiger partial charge in [0.2, 0.25) is 0 Å². The number of carbonyl (C=O) groups excluding carboxylic acids is 1. The van der Waals surface area contributed by atoms with Crippen LogP contribution in [0.2, 0.25) is 10.0 Å². The summed E-state index contributed by atoms with van der Waals surface area (Å²) in [6.07, 6.45) is 1.73. The molecule has 2 aromatic rings. The van der Waals surface area contributed by atoms with Crippen molar-refractivity contribution in [1.82, 2.24) is 4.98 Å². The first-order valence-electron chi connectivity index (χ1n) is 9.90. The van der Waals surface area contributed by atoms with Crippen LogP contribution in [0, 0.1) is 0 Å². The minimum Gasteiger partial charge on any atom is -0.493 e. The number of pyridine rings is 1. The van der Waals surface area contributed by atoms with Crippen LogP contribution in [-0.2, 0) is 5.54 Å². The zero-order chi connectivity index (χ0) is 23.5. The van der Waals surface area contributed by atoms with Crippen LogP contribution in [0.4, 0.5) is 5.69 Å². The number of aliphatic imine (C=N–C) groups is 1. The molecule has 1 amide bonds. The molecule has 4 rings (SSSR count). The predicted octanol–water partition coefficient (Wildman–Crippen LogP) is 4.91. The highest BCUT2D eigenvalue weighted by atomic mass is 35.5. The fourth-order valence-corrected chi connectivity index (χ4v) is 6.92.